The molecule has 2 aliphatic rings. The maximum Gasteiger partial charge on any atom is 0.255 e. The van der Waals surface area contributed by atoms with Crippen LogP contribution in [0.2, 0.25) is 0 Å². The van der Waals surface area contributed by atoms with Gasteiger partial charge < -0.3 is 24.6 Å². The van der Waals surface area contributed by atoms with Crippen LogP contribution < -0.4 is 10.2 Å². The topological polar surface area (TPSA) is 66.9 Å². The zero-order valence-corrected chi connectivity index (χ0v) is 16.4. The lowest BCUT2D eigenvalue weighted by molar-refractivity contribution is -0.181. The van der Waals surface area contributed by atoms with Crippen LogP contribution in [0.4, 0.5) is 17.2 Å². The third kappa shape index (κ3) is 3.95. The SMILES string of the molecule is CN(C)c1ccc(Nc2ccc(C(=O)N3CCC4(CC3)OCCO4)cn2)cc1. The minimum absolute atomic E-state index is 0.00207. The number of hydrogen-bond donors (Lipinski definition) is 1. The minimum Gasteiger partial charge on any atom is -0.378 e. The highest BCUT2D eigenvalue weighted by Crippen LogP contribution is 2.31. The number of aromatic nitrogens is 1. The van der Waals surface area contributed by atoms with E-state index in [4.69, 9.17) is 9.47 Å². The van der Waals surface area contributed by atoms with E-state index in [1.165, 1.54) is 0 Å². The lowest BCUT2D eigenvalue weighted by atomic mass is 10.0. The highest BCUT2D eigenvalue weighted by molar-refractivity contribution is 5.94. The van der Waals surface area contributed by atoms with Crippen molar-refractivity contribution < 1.29 is 14.3 Å². The summed E-state index contributed by atoms with van der Waals surface area (Å²) in [4.78, 5) is 21.1. The number of benzene rings is 1. The van der Waals surface area contributed by atoms with Gasteiger partial charge >= 0.3 is 0 Å². The summed E-state index contributed by atoms with van der Waals surface area (Å²) in [6.45, 7) is 2.56. The quantitative estimate of drug-likeness (QED) is 0.877. The van der Waals surface area contributed by atoms with Crippen LogP contribution in [0.5, 0.6) is 0 Å². The molecule has 7 nitrogen and oxygen atoms in total. The van der Waals surface area contributed by atoms with Gasteiger partial charge in [0, 0.05) is 57.6 Å². The predicted molar refractivity (Wildman–Crippen MR) is 108 cm³/mol. The van der Waals surface area contributed by atoms with Crippen molar-refractivity contribution in [3.8, 4) is 0 Å². The van der Waals surface area contributed by atoms with Crippen molar-refractivity contribution in [1.82, 2.24) is 9.88 Å². The Bertz CT molecular complexity index is 805. The second kappa shape index (κ2) is 7.77. The van der Waals surface area contributed by atoms with Crippen LogP contribution in [-0.2, 0) is 9.47 Å². The summed E-state index contributed by atoms with van der Waals surface area (Å²) >= 11 is 0. The zero-order chi connectivity index (χ0) is 19.6. The summed E-state index contributed by atoms with van der Waals surface area (Å²) < 4.78 is 11.4. The molecule has 1 spiro atoms. The summed E-state index contributed by atoms with van der Waals surface area (Å²) in [5.74, 6) is 0.243. The maximum absolute atomic E-state index is 12.8. The number of piperidine rings is 1. The van der Waals surface area contributed by atoms with Gasteiger partial charge in [-0.15, -0.1) is 0 Å². The molecular weight excluding hydrogens is 356 g/mol. The molecule has 1 aromatic carbocycles. The Morgan fingerprint density at radius 2 is 1.75 bits per heavy atom. The molecule has 0 atom stereocenters. The molecule has 2 fully saturated rings. The Morgan fingerprint density at radius 1 is 1.07 bits per heavy atom. The van der Waals surface area contributed by atoms with E-state index in [-0.39, 0.29) is 5.91 Å². The van der Waals surface area contributed by atoms with Gasteiger partial charge in [0.05, 0.1) is 18.8 Å². The smallest absolute Gasteiger partial charge is 0.255 e. The van der Waals surface area contributed by atoms with Gasteiger partial charge in [-0.1, -0.05) is 0 Å². The fourth-order valence-corrected chi connectivity index (χ4v) is 3.60. The Balaban J connectivity index is 1.35. The number of nitrogens with one attached hydrogen (secondary N) is 1. The highest BCUT2D eigenvalue weighted by atomic mass is 16.7. The van der Waals surface area contributed by atoms with Crippen LogP contribution in [0.1, 0.15) is 23.2 Å². The van der Waals surface area contributed by atoms with E-state index in [2.05, 4.69) is 15.2 Å². The lowest BCUT2D eigenvalue weighted by Crippen LogP contribution is -2.47. The van der Waals surface area contributed by atoms with Crippen molar-refractivity contribution >= 4 is 23.1 Å². The van der Waals surface area contributed by atoms with Gasteiger partial charge in [-0.25, -0.2) is 4.98 Å². The number of carbonyl (C=O) groups excluding carboxylic acids is 1. The molecule has 1 aromatic heterocycles. The predicted octanol–water partition coefficient (Wildman–Crippen LogP) is 2.87. The summed E-state index contributed by atoms with van der Waals surface area (Å²) in [5.41, 5.74) is 2.68. The Morgan fingerprint density at radius 3 is 2.32 bits per heavy atom. The third-order valence-electron chi connectivity index (χ3n) is 5.29. The Labute approximate surface area is 165 Å². The lowest BCUT2D eigenvalue weighted by Gasteiger charge is -2.37. The Hall–Kier alpha value is -2.64. The van der Waals surface area contributed by atoms with E-state index < -0.39 is 5.79 Å². The summed E-state index contributed by atoms with van der Waals surface area (Å²) in [5, 5.41) is 3.26. The molecule has 0 bridgehead atoms. The number of carbonyl (C=O) groups is 1. The zero-order valence-electron chi connectivity index (χ0n) is 16.4. The molecule has 148 valence electrons. The maximum atomic E-state index is 12.8. The molecule has 0 saturated carbocycles. The first-order valence-corrected chi connectivity index (χ1v) is 9.62. The van der Waals surface area contributed by atoms with Crippen LogP contribution >= 0.6 is 0 Å². The van der Waals surface area contributed by atoms with E-state index in [1.54, 1.807) is 6.20 Å². The van der Waals surface area contributed by atoms with Gasteiger partial charge in [0.15, 0.2) is 5.79 Å². The summed E-state index contributed by atoms with van der Waals surface area (Å²) in [6.07, 6.45) is 3.06. The van der Waals surface area contributed by atoms with Crippen LogP contribution in [0.15, 0.2) is 42.6 Å². The largest absolute Gasteiger partial charge is 0.378 e. The molecule has 1 N–H and O–H groups in total. The second-order valence-corrected chi connectivity index (χ2v) is 7.40. The molecule has 2 aliphatic heterocycles. The molecule has 0 radical (unpaired) electrons. The van der Waals surface area contributed by atoms with E-state index in [1.807, 2.05) is 55.4 Å². The fraction of sp³-hybridized carbons (Fsp3) is 0.429. The van der Waals surface area contributed by atoms with Gasteiger partial charge in [0.2, 0.25) is 0 Å². The molecule has 2 aromatic rings. The van der Waals surface area contributed by atoms with Crippen molar-refractivity contribution in [2.24, 2.45) is 0 Å². The van der Waals surface area contributed by atoms with Crippen molar-refractivity contribution in [1.29, 1.82) is 0 Å². The number of likely N-dealkylation sites (tertiary alicyclic amines) is 1. The average molecular weight is 382 g/mol. The van der Waals surface area contributed by atoms with E-state index in [0.717, 1.165) is 24.2 Å². The van der Waals surface area contributed by atoms with Crippen LogP contribution in [-0.4, -0.2) is 62.0 Å². The van der Waals surface area contributed by atoms with Crippen molar-refractivity contribution in [2.45, 2.75) is 18.6 Å². The Kier molecular flexibility index (Phi) is 5.19. The molecule has 4 rings (SSSR count). The minimum atomic E-state index is -0.467. The normalized spacial score (nSPS) is 18.3. The summed E-state index contributed by atoms with van der Waals surface area (Å²) in [6, 6.07) is 11.8. The monoisotopic (exact) mass is 382 g/mol. The molecule has 28 heavy (non-hydrogen) atoms. The molecular formula is C21H26N4O3. The van der Waals surface area contributed by atoms with Gasteiger partial charge in [-0.3, -0.25) is 4.79 Å². The molecule has 0 aliphatic carbocycles. The van der Waals surface area contributed by atoms with Crippen molar-refractivity contribution in [2.75, 3.05) is 50.6 Å². The number of amides is 1. The molecule has 0 unspecified atom stereocenters. The van der Waals surface area contributed by atoms with E-state index >= 15 is 0 Å². The van der Waals surface area contributed by atoms with Crippen LogP contribution in [0.3, 0.4) is 0 Å². The first-order valence-electron chi connectivity index (χ1n) is 9.62. The average Bonchev–Trinajstić information content (AvgIpc) is 3.17. The standard InChI is InChI=1S/C21H26N4O3/c1-24(2)18-6-4-17(5-7-18)23-19-8-3-16(15-22-19)20(26)25-11-9-21(10-12-25)27-13-14-28-21/h3-8,15H,9-14H2,1-2H3,(H,22,23). The molecule has 2 saturated heterocycles. The number of rotatable bonds is 4. The molecule has 7 heteroatoms. The fourth-order valence-electron chi connectivity index (χ4n) is 3.60. The number of anilines is 3. The highest BCUT2D eigenvalue weighted by Gasteiger charge is 2.40. The number of hydrogen-bond acceptors (Lipinski definition) is 6. The molecule has 3 heterocycles. The van der Waals surface area contributed by atoms with Crippen molar-refractivity contribution in [3.05, 3.63) is 48.2 Å². The number of ether oxygens (including phenoxy) is 2. The van der Waals surface area contributed by atoms with Gasteiger partial charge in [0.25, 0.3) is 5.91 Å². The van der Waals surface area contributed by atoms with E-state index in [9.17, 15) is 4.79 Å². The van der Waals surface area contributed by atoms with Gasteiger partial charge in [0.1, 0.15) is 5.82 Å². The number of nitrogens with zero attached hydrogens (tertiary/aromatic N) is 3. The van der Waals surface area contributed by atoms with Crippen LogP contribution in [0.25, 0.3) is 0 Å². The summed E-state index contributed by atoms with van der Waals surface area (Å²) in [7, 11) is 4.02. The molecule has 1 amide bonds. The third-order valence-corrected chi connectivity index (χ3v) is 5.29. The first kappa shape index (κ1) is 18.7. The van der Waals surface area contributed by atoms with Crippen molar-refractivity contribution in [3.63, 3.8) is 0 Å². The van der Waals surface area contributed by atoms with Gasteiger partial charge in [-0.05, 0) is 36.4 Å². The van der Waals surface area contributed by atoms with E-state index in [0.29, 0.717) is 37.7 Å². The second-order valence-electron chi connectivity index (χ2n) is 7.40. The first-order chi connectivity index (χ1) is 13.5. The number of pyridine rings is 1. The van der Waals surface area contributed by atoms with Gasteiger partial charge in [-0.2, -0.15) is 0 Å². The van der Waals surface area contributed by atoms with Crippen LogP contribution in [0, 0.1) is 0 Å².